The number of ether oxygens (including phenoxy) is 1. The number of amides is 2. The van der Waals surface area contributed by atoms with E-state index in [4.69, 9.17) is 16.3 Å². The third-order valence-corrected chi connectivity index (χ3v) is 5.52. The van der Waals surface area contributed by atoms with Crippen LogP contribution in [0.5, 0.6) is 0 Å². The number of halogens is 1. The third-order valence-electron chi connectivity index (χ3n) is 5.33. The van der Waals surface area contributed by atoms with Crippen LogP contribution in [0.15, 0.2) is 37.2 Å². The SMILES string of the molecule is C=CC(=O)N1[C@H]2CC[C@@H]1[C@@H](c1cc(Cl)nc(-c3cc(C(=O)NC)ncn3)c1)OC2. The van der Waals surface area contributed by atoms with Crippen LogP contribution < -0.4 is 5.32 Å². The minimum absolute atomic E-state index is 0.0792. The number of carbonyl (C=O) groups is 2. The third kappa shape index (κ3) is 3.61. The normalized spacial score (nSPS) is 23.0. The average molecular weight is 414 g/mol. The highest BCUT2D eigenvalue weighted by atomic mass is 35.5. The smallest absolute Gasteiger partial charge is 0.269 e. The lowest BCUT2D eigenvalue weighted by atomic mass is 9.99. The number of fused-ring (bicyclic) bond motifs is 2. The van der Waals surface area contributed by atoms with E-state index in [-0.39, 0.29) is 40.8 Å². The molecule has 8 nitrogen and oxygen atoms in total. The van der Waals surface area contributed by atoms with E-state index in [2.05, 4.69) is 26.8 Å². The van der Waals surface area contributed by atoms with E-state index in [1.54, 1.807) is 12.1 Å². The van der Waals surface area contributed by atoms with Gasteiger partial charge >= 0.3 is 0 Å². The number of hydrogen-bond donors (Lipinski definition) is 1. The Labute approximate surface area is 173 Å². The number of aromatic nitrogens is 3. The van der Waals surface area contributed by atoms with Gasteiger partial charge in [-0.1, -0.05) is 18.2 Å². The van der Waals surface area contributed by atoms with Gasteiger partial charge < -0.3 is 15.0 Å². The molecule has 0 saturated carbocycles. The van der Waals surface area contributed by atoms with Gasteiger partial charge in [0.1, 0.15) is 23.3 Å². The molecule has 0 aliphatic carbocycles. The van der Waals surface area contributed by atoms with E-state index >= 15 is 0 Å². The van der Waals surface area contributed by atoms with Crippen LogP contribution in [0.4, 0.5) is 0 Å². The molecule has 2 amide bonds. The molecule has 0 spiro atoms. The molecule has 3 atom stereocenters. The molecule has 2 saturated heterocycles. The largest absolute Gasteiger partial charge is 0.369 e. The Morgan fingerprint density at radius 1 is 1.28 bits per heavy atom. The molecule has 2 aliphatic heterocycles. The number of morpholine rings is 1. The minimum Gasteiger partial charge on any atom is -0.369 e. The van der Waals surface area contributed by atoms with Crippen molar-refractivity contribution in [2.45, 2.75) is 31.0 Å². The predicted octanol–water partition coefficient (Wildman–Crippen LogP) is 2.17. The van der Waals surface area contributed by atoms with Gasteiger partial charge in [0, 0.05) is 7.05 Å². The maximum Gasteiger partial charge on any atom is 0.269 e. The summed E-state index contributed by atoms with van der Waals surface area (Å²) in [6, 6.07) is 5.13. The molecule has 4 rings (SSSR count). The number of hydrogen-bond acceptors (Lipinski definition) is 6. The topological polar surface area (TPSA) is 97.3 Å². The van der Waals surface area contributed by atoms with Crippen molar-refractivity contribution in [2.75, 3.05) is 13.7 Å². The zero-order valence-corrected chi connectivity index (χ0v) is 16.6. The van der Waals surface area contributed by atoms with Gasteiger partial charge in [0.15, 0.2) is 0 Å². The first-order chi connectivity index (χ1) is 14.0. The number of pyridine rings is 1. The van der Waals surface area contributed by atoms with Crippen LogP contribution >= 0.6 is 11.6 Å². The van der Waals surface area contributed by atoms with Gasteiger partial charge in [-0.05, 0) is 42.7 Å². The van der Waals surface area contributed by atoms with Gasteiger partial charge in [-0.25, -0.2) is 15.0 Å². The zero-order valence-electron chi connectivity index (χ0n) is 15.8. The fourth-order valence-electron chi connectivity index (χ4n) is 4.03. The lowest BCUT2D eigenvalue weighted by Crippen LogP contribution is -2.49. The van der Waals surface area contributed by atoms with Gasteiger partial charge in [-0.2, -0.15) is 0 Å². The average Bonchev–Trinajstić information content (AvgIpc) is 3.04. The summed E-state index contributed by atoms with van der Waals surface area (Å²) in [6.45, 7) is 4.08. The fourth-order valence-corrected chi connectivity index (χ4v) is 4.24. The number of nitrogens with zero attached hydrogens (tertiary/aromatic N) is 4. The second-order valence-corrected chi connectivity index (χ2v) is 7.37. The van der Waals surface area contributed by atoms with Crippen LogP contribution in [-0.2, 0) is 9.53 Å². The number of rotatable bonds is 4. The van der Waals surface area contributed by atoms with E-state index in [0.717, 1.165) is 18.4 Å². The van der Waals surface area contributed by atoms with Gasteiger partial charge in [0.2, 0.25) is 5.91 Å². The Bertz CT molecular complexity index is 982. The van der Waals surface area contributed by atoms with Crippen LogP contribution in [-0.4, -0.2) is 57.4 Å². The van der Waals surface area contributed by atoms with Gasteiger partial charge in [0.25, 0.3) is 5.91 Å². The molecule has 0 aromatic carbocycles. The van der Waals surface area contributed by atoms with Crippen molar-refractivity contribution in [1.82, 2.24) is 25.2 Å². The summed E-state index contributed by atoms with van der Waals surface area (Å²) in [5.74, 6) is -0.403. The Morgan fingerprint density at radius 3 is 2.86 bits per heavy atom. The molecule has 0 unspecified atom stereocenters. The van der Waals surface area contributed by atoms with Crippen molar-refractivity contribution in [2.24, 2.45) is 0 Å². The van der Waals surface area contributed by atoms with Crippen molar-refractivity contribution >= 4 is 23.4 Å². The van der Waals surface area contributed by atoms with Gasteiger partial charge in [-0.3, -0.25) is 9.59 Å². The Balaban J connectivity index is 1.70. The quantitative estimate of drug-likeness (QED) is 0.609. The standard InChI is InChI=1S/C20H20ClN5O3/c1-3-18(27)26-12-4-5-16(26)19(29-9-12)11-6-14(25-17(21)7-11)13-8-15(20(28)22-2)24-10-23-13/h3,6-8,10,12,16,19H,1,4-5,9H2,2H3,(H,22,28)/t12-,16+,19+/m0/s1. The Hall–Kier alpha value is -2.84. The lowest BCUT2D eigenvalue weighted by molar-refractivity contribution is -0.142. The summed E-state index contributed by atoms with van der Waals surface area (Å²) in [7, 11) is 1.53. The Morgan fingerprint density at radius 2 is 2.10 bits per heavy atom. The maximum absolute atomic E-state index is 12.3. The molecule has 1 N–H and O–H groups in total. The molecule has 2 fully saturated rings. The van der Waals surface area contributed by atoms with Crippen molar-refractivity contribution in [3.63, 3.8) is 0 Å². The summed E-state index contributed by atoms with van der Waals surface area (Å²) < 4.78 is 6.09. The molecular weight excluding hydrogens is 394 g/mol. The molecule has 2 aromatic heterocycles. The fraction of sp³-hybridized carbons (Fsp3) is 0.350. The molecule has 2 aliphatic rings. The second kappa shape index (κ2) is 7.88. The first-order valence-electron chi connectivity index (χ1n) is 9.30. The molecule has 150 valence electrons. The lowest BCUT2D eigenvalue weighted by Gasteiger charge is -2.39. The summed E-state index contributed by atoms with van der Waals surface area (Å²) >= 11 is 6.29. The van der Waals surface area contributed by atoms with E-state index in [9.17, 15) is 9.59 Å². The van der Waals surface area contributed by atoms with Crippen LogP contribution in [0.2, 0.25) is 5.15 Å². The summed E-state index contributed by atoms with van der Waals surface area (Å²) in [6.07, 6.45) is 4.08. The predicted molar refractivity (Wildman–Crippen MR) is 106 cm³/mol. The summed E-state index contributed by atoms with van der Waals surface area (Å²) in [4.78, 5) is 38.6. The summed E-state index contributed by atoms with van der Waals surface area (Å²) in [5.41, 5.74) is 2.02. The molecule has 0 radical (unpaired) electrons. The molecule has 2 bridgehead atoms. The molecule has 9 heteroatoms. The molecule has 29 heavy (non-hydrogen) atoms. The van der Waals surface area contributed by atoms with Crippen molar-refractivity contribution in [1.29, 1.82) is 0 Å². The van der Waals surface area contributed by atoms with Gasteiger partial charge in [-0.15, -0.1) is 0 Å². The van der Waals surface area contributed by atoms with Crippen molar-refractivity contribution in [3.05, 3.63) is 53.6 Å². The zero-order chi connectivity index (χ0) is 20.5. The first kappa shape index (κ1) is 19.5. The van der Waals surface area contributed by atoms with E-state index in [0.29, 0.717) is 18.0 Å². The van der Waals surface area contributed by atoms with E-state index < -0.39 is 0 Å². The molecular formula is C20H20ClN5O3. The van der Waals surface area contributed by atoms with Crippen molar-refractivity contribution in [3.8, 4) is 11.4 Å². The van der Waals surface area contributed by atoms with Crippen LogP contribution in [0.25, 0.3) is 11.4 Å². The first-order valence-corrected chi connectivity index (χ1v) is 9.68. The monoisotopic (exact) mass is 413 g/mol. The van der Waals surface area contributed by atoms with Gasteiger partial charge in [0.05, 0.1) is 30.1 Å². The summed E-state index contributed by atoms with van der Waals surface area (Å²) in [5, 5.41) is 2.81. The minimum atomic E-state index is -0.322. The highest BCUT2D eigenvalue weighted by Gasteiger charge is 2.45. The Kier molecular flexibility index (Phi) is 5.29. The van der Waals surface area contributed by atoms with Crippen LogP contribution in [0, 0.1) is 0 Å². The van der Waals surface area contributed by atoms with Crippen LogP contribution in [0.3, 0.4) is 0 Å². The highest BCUT2D eigenvalue weighted by Crippen LogP contribution is 2.41. The molecule has 2 aromatic rings. The highest BCUT2D eigenvalue weighted by molar-refractivity contribution is 6.29. The van der Waals surface area contributed by atoms with E-state index in [1.807, 2.05) is 11.0 Å². The van der Waals surface area contributed by atoms with E-state index in [1.165, 1.54) is 19.5 Å². The van der Waals surface area contributed by atoms with Crippen molar-refractivity contribution < 1.29 is 14.3 Å². The second-order valence-electron chi connectivity index (χ2n) is 6.98. The number of nitrogens with one attached hydrogen (secondary N) is 1. The molecule has 4 heterocycles. The number of carbonyl (C=O) groups excluding carboxylic acids is 2. The van der Waals surface area contributed by atoms with Crippen LogP contribution in [0.1, 0.15) is 35.0 Å². The maximum atomic E-state index is 12.3.